The molecule has 2 aromatic heterocycles. The normalized spacial score (nSPS) is 25.1. The van der Waals surface area contributed by atoms with Gasteiger partial charge in [0.25, 0.3) is 0 Å². The number of nitrogens with zero attached hydrogens (tertiary/aromatic N) is 3. The number of halogens is 1. The molecule has 0 spiro atoms. The van der Waals surface area contributed by atoms with Crippen molar-refractivity contribution in [3.63, 3.8) is 0 Å². The van der Waals surface area contributed by atoms with Crippen molar-refractivity contribution in [2.45, 2.75) is 62.7 Å². The summed E-state index contributed by atoms with van der Waals surface area (Å²) in [5, 5.41) is 7.89. The number of aromatic amines is 2. The van der Waals surface area contributed by atoms with Gasteiger partial charge in [0.15, 0.2) is 0 Å². The summed E-state index contributed by atoms with van der Waals surface area (Å²) in [6, 6.07) is 23.0. The minimum absolute atomic E-state index is 0.252. The standard InChI is InChI=1S/C32H34ClN7/c33-21-7-9-22(10-8-21)40-29(19-5-11-23-27(17-19)38-31(36-23)25-3-1-15-34-25)13-14-30(40)20-6-12-24-28(18-20)39-32(37-24)26-4-2-16-35-26/h5-12,17-18,25-26,29-30,34-35H,1-4,13-16H2,(H,36,38)(H,37,39)/t25-,26-,29-,30+/m0/s1. The van der Waals surface area contributed by atoms with E-state index in [0.717, 1.165) is 77.5 Å². The molecule has 3 aliphatic heterocycles. The molecule has 0 radical (unpaired) electrons. The van der Waals surface area contributed by atoms with Crippen LogP contribution in [0.1, 0.15) is 85.5 Å². The predicted molar refractivity (Wildman–Crippen MR) is 161 cm³/mol. The molecule has 7 nitrogen and oxygen atoms in total. The molecule has 4 atom stereocenters. The molecule has 0 amide bonds. The minimum Gasteiger partial charge on any atom is -0.357 e. The number of aromatic nitrogens is 4. The van der Waals surface area contributed by atoms with Gasteiger partial charge in [-0.1, -0.05) is 23.7 Å². The molecule has 0 saturated carbocycles. The number of benzene rings is 3. The van der Waals surface area contributed by atoms with Crippen LogP contribution in [-0.4, -0.2) is 33.0 Å². The first-order chi connectivity index (χ1) is 19.7. The van der Waals surface area contributed by atoms with E-state index in [-0.39, 0.29) is 12.1 Å². The highest BCUT2D eigenvalue weighted by Gasteiger charge is 2.36. The van der Waals surface area contributed by atoms with E-state index in [9.17, 15) is 0 Å². The molecule has 40 heavy (non-hydrogen) atoms. The maximum atomic E-state index is 6.32. The second kappa shape index (κ2) is 9.91. The van der Waals surface area contributed by atoms with E-state index in [2.05, 4.69) is 74.0 Å². The Balaban J connectivity index is 1.16. The summed E-state index contributed by atoms with van der Waals surface area (Å²) in [5.41, 5.74) is 8.14. The zero-order valence-electron chi connectivity index (χ0n) is 22.5. The smallest absolute Gasteiger partial charge is 0.124 e. The largest absolute Gasteiger partial charge is 0.357 e. The van der Waals surface area contributed by atoms with Crippen LogP contribution in [0.15, 0.2) is 60.7 Å². The Morgan fingerprint density at radius 3 is 1.65 bits per heavy atom. The van der Waals surface area contributed by atoms with Crippen molar-refractivity contribution in [1.82, 2.24) is 30.6 Å². The molecule has 3 fully saturated rings. The molecular formula is C32H34ClN7. The first kappa shape index (κ1) is 24.4. The molecule has 3 aliphatic rings. The summed E-state index contributed by atoms with van der Waals surface area (Å²) in [6.45, 7) is 2.13. The van der Waals surface area contributed by atoms with E-state index >= 15 is 0 Å². The van der Waals surface area contributed by atoms with Gasteiger partial charge in [0, 0.05) is 10.7 Å². The highest BCUT2D eigenvalue weighted by molar-refractivity contribution is 6.30. The number of imidazole rings is 2. The van der Waals surface area contributed by atoms with E-state index in [1.54, 1.807) is 0 Å². The number of anilines is 1. The Kier molecular flexibility index (Phi) is 6.05. The van der Waals surface area contributed by atoms with Crippen LogP contribution in [0, 0.1) is 0 Å². The van der Waals surface area contributed by atoms with Crippen LogP contribution < -0.4 is 15.5 Å². The number of nitrogens with one attached hydrogen (secondary N) is 4. The summed E-state index contributed by atoms with van der Waals surface area (Å²) in [5.74, 6) is 2.12. The highest BCUT2D eigenvalue weighted by Crippen LogP contribution is 2.47. The van der Waals surface area contributed by atoms with Crippen molar-refractivity contribution in [3.05, 3.63) is 88.5 Å². The fraction of sp³-hybridized carbons (Fsp3) is 0.375. The van der Waals surface area contributed by atoms with Gasteiger partial charge in [-0.05, 0) is 111 Å². The number of rotatable bonds is 5. The van der Waals surface area contributed by atoms with Crippen molar-refractivity contribution in [2.24, 2.45) is 0 Å². The first-order valence-electron chi connectivity index (χ1n) is 14.7. The Labute approximate surface area is 238 Å². The molecule has 0 aliphatic carbocycles. The van der Waals surface area contributed by atoms with E-state index in [1.165, 1.54) is 29.7 Å². The summed E-state index contributed by atoms with van der Waals surface area (Å²) >= 11 is 6.32. The quantitative estimate of drug-likeness (QED) is 0.188. The van der Waals surface area contributed by atoms with Gasteiger partial charge in [0.2, 0.25) is 0 Å². The van der Waals surface area contributed by atoms with Crippen molar-refractivity contribution < 1.29 is 0 Å². The Hall–Kier alpha value is -3.39. The van der Waals surface area contributed by atoms with Crippen LogP contribution in [0.25, 0.3) is 22.1 Å². The highest BCUT2D eigenvalue weighted by atomic mass is 35.5. The predicted octanol–water partition coefficient (Wildman–Crippen LogP) is 7.02. The topological polar surface area (TPSA) is 84.7 Å². The summed E-state index contributed by atoms with van der Waals surface area (Å²) < 4.78 is 0. The lowest BCUT2D eigenvalue weighted by Gasteiger charge is -2.33. The molecule has 8 rings (SSSR count). The SMILES string of the molecule is Clc1ccc(N2[C@@H](c3ccc4nc([C@@H]5CCCN5)[nH]c4c3)CC[C@H]2c2ccc3nc([C@@H]4CCCN4)[nH]c3c2)cc1. The Morgan fingerprint density at radius 1 is 0.650 bits per heavy atom. The Bertz CT molecular complexity index is 1560. The molecule has 3 aromatic carbocycles. The zero-order chi connectivity index (χ0) is 26.6. The third kappa shape index (κ3) is 4.28. The summed E-state index contributed by atoms with van der Waals surface area (Å²) in [7, 11) is 0. The van der Waals surface area contributed by atoms with E-state index in [4.69, 9.17) is 21.6 Å². The third-order valence-electron chi connectivity index (χ3n) is 9.11. The average Bonchev–Trinajstić information content (AvgIpc) is 3.81. The van der Waals surface area contributed by atoms with Gasteiger partial charge in [0.05, 0.1) is 46.2 Å². The maximum absolute atomic E-state index is 6.32. The van der Waals surface area contributed by atoms with E-state index in [1.807, 2.05) is 12.1 Å². The van der Waals surface area contributed by atoms with Crippen molar-refractivity contribution >= 4 is 39.4 Å². The van der Waals surface area contributed by atoms with Gasteiger partial charge in [-0.15, -0.1) is 0 Å². The molecule has 8 heteroatoms. The van der Waals surface area contributed by atoms with Crippen LogP contribution in [0.4, 0.5) is 5.69 Å². The lowest BCUT2D eigenvalue weighted by atomic mass is 10.0. The van der Waals surface area contributed by atoms with Gasteiger partial charge >= 0.3 is 0 Å². The van der Waals surface area contributed by atoms with Crippen LogP contribution >= 0.6 is 11.6 Å². The first-order valence-corrected chi connectivity index (χ1v) is 15.1. The van der Waals surface area contributed by atoms with Gasteiger partial charge in [-0.25, -0.2) is 9.97 Å². The second-order valence-electron chi connectivity index (χ2n) is 11.6. The monoisotopic (exact) mass is 551 g/mol. The molecule has 204 valence electrons. The lowest BCUT2D eigenvalue weighted by molar-refractivity contribution is 0.614. The number of hydrogen-bond acceptors (Lipinski definition) is 5. The summed E-state index contributed by atoms with van der Waals surface area (Å²) in [6.07, 6.45) is 6.83. The number of H-pyrrole nitrogens is 2. The van der Waals surface area contributed by atoms with Gasteiger partial charge in [0.1, 0.15) is 11.6 Å². The third-order valence-corrected chi connectivity index (χ3v) is 9.36. The minimum atomic E-state index is 0.252. The number of fused-ring (bicyclic) bond motifs is 2. The number of hydrogen-bond donors (Lipinski definition) is 4. The molecule has 5 aromatic rings. The fourth-order valence-electron chi connectivity index (χ4n) is 7.11. The lowest BCUT2D eigenvalue weighted by Crippen LogP contribution is -2.26. The molecular weight excluding hydrogens is 518 g/mol. The summed E-state index contributed by atoms with van der Waals surface area (Å²) in [4.78, 5) is 19.7. The van der Waals surface area contributed by atoms with Gasteiger partial charge < -0.3 is 25.5 Å². The maximum Gasteiger partial charge on any atom is 0.124 e. The van der Waals surface area contributed by atoms with Crippen LogP contribution in [0.5, 0.6) is 0 Å². The van der Waals surface area contributed by atoms with Crippen molar-refractivity contribution in [1.29, 1.82) is 0 Å². The van der Waals surface area contributed by atoms with Crippen LogP contribution in [0.2, 0.25) is 5.02 Å². The molecule has 4 N–H and O–H groups in total. The molecule has 0 bridgehead atoms. The van der Waals surface area contributed by atoms with Crippen LogP contribution in [-0.2, 0) is 0 Å². The Morgan fingerprint density at radius 2 is 1.18 bits per heavy atom. The average molecular weight is 552 g/mol. The molecule has 0 unspecified atom stereocenters. The molecule has 5 heterocycles. The van der Waals surface area contributed by atoms with Crippen molar-refractivity contribution in [2.75, 3.05) is 18.0 Å². The van der Waals surface area contributed by atoms with Gasteiger partial charge in [-0.3, -0.25) is 0 Å². The zero-order valence-corrected chi connectivity index (χ0v) is 23.2. The molecule has 3 saturated heterocycles. The van der Waals surface area contributed by atoms with Gasteiger partial charge in [-0.2, -0.15) is 0 Å². The van der Waals surface area contributed by atoms with Crippen LogP contribution in [0.3, 0.4) is 0 Å². The van der Waals surface area contributed by atoms with E-state index in [0.29, 0.717) is 12.1 Å². The fourth-order valence-corrected chi connectivity index (χ4v) is 7.24. The van der Waals surface area contributed by atoms with Crippen molar-refractivity contribution in [3.8, 4) is 0 Å². The van der Waals surface area contributed by atoms with E-state index < -0.39 is 0 Å². The second-order valence-corrected chi connectivity index (χ2v) is 12.0.